The zero-order valence-corrected chi connectivity index (χ0v) is 12.9. The standard InChI is InChI=1S/C16H19N3O3/c1-10-14(11(2)19(3)18-10)9-15(20)17-13-6-4-12(5-7-13)8-16(21)22/h4-7H,8-9H2,1-3H3,(H,17,20)(H,21,22). The molecule has 0 saturated carbocycles. The molecule has 0 radical (unpaired) electrons. The van der Waals surface area contributed by atoms with Crippen molar-refractivity contribution >= 4 is 17.6 Å². The number of benzene rings is 1. The lowest BCUT2D eigenvalue weighted by Crippen LogP contribution is -2.15. The highest BCUT2D eigenvalue weighted by atomic mass is 16.4. The molecule has 1 aromatic carbocycles. The number of anilines is 1. The van der Waals surface area contributed by atoms with Crippen LogP contribution in [0.3, 0.4) is 0 Å². The second-order valence-corrected chi connectivity index (χ2v) is 5.27. The Morgan fingerprint density at radius 2 is 1.82 bits per heavy atom. The predicted molar refractivity (Wildman–Crippen MR) is 82.8 cm³/mol. The first-order valence-corrected chi connectivity index (χ1v) is 6.96. The Morgan fingerprint density at radius 1 is 1.18 bits per heavy atom. The third kappa shape index (κ3) is 3.72. The van der Waals surface area contributed by atoms with E-state index in [4.69, 9.17) is 5.11 Å². The van der Waals surface area contributed by atoms with Crippen molar-refractivity contribution < 1.29 is 14.7 Å². The van der Waals surface area contributed by atoms with Gasteiger partial charge in [0.1, 0.15) is 0 Å². The number of carboxylic acids is 1. The molecule has 0 bridgehead atoms. The summed E-state index contributed by atoms with van der Waals surface area (Å²) in [6, 6.07) is 6.81. The molecule has 116 valence electrons. The Kier molecular flexibility index (Phi) is 4.60. The first kappa shape index (κ1) is 15.8. The minimum atomic E-state index is -0.876. The second-order valence-electron chi connectivity index (χ2n) is 5.27. The summed E-state index contributed by atoms with van der Waals surface area (Å²) >= 11 is 0. The number of carboxylic acid groups (broad SMARTS) is 1. The van der Waals surface area contributed by atoms with Crippen molar-refractivity contribution in [2.75, 3.05) is 5.32 Å². The zero-order chi connectivity index (χ0) is 16.3. The predicted octanol–water partition coefficient (Wildman–Crippen LogP) is 1.85. The van der Waals surface area contributed by atoms with Gasteiger partial charge in [0.25, 0.3) is 0 Å². The topological polar surface area (TPSA) is 84.2 Å². The van der Waals surface area contributed by atoms with Gasteiger partial charge in [-0.25, -0.2) is 0 Å². The zero-order valence-electron chi connectivity index (χ0n) is 12.9. The third-order valence-electron chi connectivity index (χ3n) is 3.59. The first-order valence-electron chi connectivity index (χ1n) is 6.96. The molecule has 0 aliphatic carbocycles. The summed E-state index contributed by atoms with van der Waals surface area (Å²) in [6.07, 6.45) is 0.241. The third-order valence-corrected chi connectivity index (χ3v) is 3.59. The molecule has 6 heteroatoms. The lowest BCUT2D eigenvalue weighted by atomic mass is 10.1. The summed E-state index contributed by atoms with van der Waals surface area (Å²) in [5.74, 6) is -0.996. The molecule has 0 aliphatic heterocycles. The second kappa shape index (κ2) is 6.43. The Hall–Kier alpha value is -2.63. The lowest BCUT2D eigenvalue weighted by molar-refractivity contribution is -0.136. The number of aliphatic carboxylic acids is 1. The van der Waals surface area contributed by atoms with Gasteiger partial charge in [-0.05, 0) is 31.5 Å². The average Bonchev–Trinajstić information content (AvgIpc) is 2.67. The molecular formula is C16H19N3O3. The SMILES string of the molecule is Cc1nn(C)c(C)c1CC(=O)Nc1ccc(CC(=O)O)cc1. The smallest absolute Gasteiger partial charge is 0.307 e. The summed E-state index contributed by atoms with van der Waals surface area (Å²) in [7, 11) is 1.85. The van der Waals surface area contributed by atoms with Gasteiger partial charge in [-0.15, -0.1) is 0 Å². The van der Waals surface area contributed by atoms with Crippen LogP contribution in [0.2, 0.25) is 0 Å². The molecule has 2 N–H and O–H groups in total. The van der Waals surface area contributed by atoms with E-state index in [2.05, 4.69) is 10.4 Å². The van der Waals surface area contributed by atoms with E-state index >= 15 is 0 Å². The van der Waals surface area contributed by atoms with Crippen molar-refractivity contribution in [2.45, 2.75) is 26.7 Å². The van der Waals surface area contributed by atoms with Gasteiger partial charge in [0.15, 0.2) is 0 Å². The number of rotatable bonds is 5. The van der Waals surface area contributed by atoms with Crippen molar-refractivity contribution in [1.82, 2.24) is 9.78 Å². The summed E-state index contributed by atoms with van der Waals surface area (Å²) < 4.78 is 1.76. The quantitative estimate of drug-likeness (QED) is 0.882. The number of hydrogen-bond acceptors (Lipinski definition) is 3. The van der Waals surface area contributed by atoms with Crippen LogP contribution in [0.25, 0.3) is 0 Å². The molecule has 2 aromatic rings. The number of nitrogens with zero attached hydrogens (tertiary/aromatic N) is 2. The van der Waals surface area contributed by atoms with Crippen molar-refractivity contribution in [3.8, 4) is 0 Å². The van der Waals surface area contributed by atoms with Gasteiger partial charge in [0.05, 0.1) is 18.5 Å². The van der Waals surface area contributed by atoms with E-state index in [1.54, 1.807) is 28.9 Å². The van der Waals surface area contributed by atoms with Crippen LogP contribution >= 0.6 is 0 Å². The molecule has 0 atom stereocenters. The molecule has 1 amide bonds. The highest BCUT2D eigenvalue weighted by Crippen LogP contribution is 2.15. The molecule has 1 aromatic heterocycles. The molecule has 22 heavy (non-hydrogen) atoms. The lowest BCUT2D eigenvalue weighted by Gasteiger charge is -2.06. The van der Waals surface area contributed by atoms with E-state index in [1.807, 2.05) is 20.9 Å². The molecule has 0 spiro atoms. The first-order chi connectivity index (χ1) is 10.4. The number of nitrogens with one attached hydrogen (secondary N) is 1. The van der Waals surface area contributed by atoms with Crippen LogP contribution in [0, 0.1) is 13.8 Å². The van der Waals surface area contributed by atoms with E-state index in [0.29, 0.717) is 11.3 Å². The summed E-state index contributed by atoms with van der Waals surface area (Å²) in [5, 5.41) is 15.8. The Labute approximate surface area is 128 Å². The van der Waals surface area contributed by atoms with Gasteiger partial charge >= 0.3 is 5.97 Å². The molecule has 1 heterocycles. The molecule has 0 fully saturated rings. The molecule has 2 rings (SSSR count). The summed E-state index contributed by atoms with van der Waals surface area (Å²) in [5.41, 5.74) is 4.11. The van der Waals surface area contributed by atoms with E-state index in [-0.39, 0.29) is 18.7 Å². The molecule has 6 nitrogen and oxygen atoms in total. The monoisotopic (exact) mass is 301 g/mol. The van der Waals surface area contributed by atoms with Crippen LogP contribution in [0.15, 0.2) is 24.3 Å². The minimum absolute atomic E-state index is 0.0255. The fourth-order valence-corrected chi connectivity index (χ4v) is 2.32. The van der Waals surface area contributed by atoms with Gasteiger partial charge in [-0.2, -0.15) is 5.10 Å². The van der Waals surface area contributed by atoms with Crippen LogP contribution < -0.4 is 5.32 Å². The van der Waals surface area contributed by atoms with E-state index in [0.717, 1.165) is 17.0 Å². The molecule has 0 unspecified atom stereocenters. The van der Waals surface area contributed by atoms with Crippen LogP contribution in [0.5, 0.6) is 0 Å². The van der Waals surface area contributed by atoms with Crippen LogP contribution in [0.1, 0.15) is 22.5 Å². The van der Waals surface area contributed by atoms with E-state index < -0.39 is 5.97 Å². The fourth-order valence-electron chi connectivity index (χ4n) is 2.32. The molecule has 0 saturated heterocycles. The van der Waals surface area contributed by atoms with Crippen molar-refractivity contribution in [3.05, 3.63) is 46.8 Å². The van der Waals surface area contributed by atoms with Crippen molar-refractivity contribution in [3.63, 3.8) is 0 Å². The molecular weight excluding hydrogens is 282 g/mol. The minimum Gasteiger partial charge on any atom is -0.481 e. The fraction of sp³-hybridized carbons (Fsp3) is 0.312. The maximum Gasteiger partial charge on any atom is 0.307 e. The van der Waals surface area contributed by atoms with Crippen LogP contribution in [-0.4, -0.2) is 26.8 Å². The summed E-state index contributed by atoms with van der Waals surface area (Å²) in [6.45, 7) is 3.82. The number of carbonyl (C=O) groups excluding carboxylic acids is 1. The Balaban J connectivity index is 2.01. The highest BCUT2D eigenvalue weighted by Gasteiger charge is 2.13. The molecule has 0 aliphatic rings. The number of hydrogen-bond donors (Lipinski definition) is 2. The normalized spacial score (nSPS) is 10.5. The van der Waals surface area contributed by atoms with Crippen molar-refractivity contribution in [2.24, 2.45) is 7.05 Å². The average molecular weight is 301 g/mol. The van der Waals surface area contributed by atoms with E-state index in [9.17, 15) is 9.59 Å². The number of aryl methyl sites for hydroxylation is 2. The van der Waals surface area contributed by atoms with Gasteiger partial charge in [0, 0.05) is 24.0 Å². The van der Waals surface area contributed by atoms with Crippen LogP contribution in [-0.2, 0) is 29.5 Å². The van der Waals surface area contributed by atoms with Gasteiger partial charge in [-0.1, -0.05) is 12.1 Å². The number of aromatic nitrogens is 2. The van der Waals surface area contributed by atoms with Gasteiger partial charge < -0.3 is 10.4 Å². The largest absolute Gasteiger partial charge is 0.481 e. The Morgan fingerprint density at radius 3 is 2.32 bits per heavy atom. The maximum atomic E-state index is 12.1. The van der Waals surface area contributed by atoms with Crippen LogP contribution in [0.4, 0.5) is 5.69 Å². The number of amides is 1. The van der Waals surface area contributed by atoms with Crippen molar-refractivity contribution in [1.29, 1.82) is 0 Å². The summed E-state index contributed by atoms with van der Waals surface area (Å²) in [4.78, 5) is 22.7. The van der Waals surface area contributed by atoms with Gasteiger partial charge in [0.2, 0.25) is 5.91 Å². The van der Waals surface area contributed by atoms with E-state index in [1.165, 1.54) is 0 Å². The highest BCUT2D eigenvalue weighted by molar-refractivity contribution is 5.92. The van der Waals surface area contributed by atoms with Gasteiger partial charge in [-0.3, -0.25) is 14.3 Å². The maximum absolute atomic E-state index is 12.1. The number of carbonyl (C=O) groups is 2. The Bertz CT molecular complexity index is 702.